The fourth-order valence-electron chi connectivity index (χ4n) is 2.03. The molecule has 0 bridgehead atoms. The van der Waals surface area contributed by atoms with Crippen LogP contribution >= 0.6 is 11.3 Å². The lowest BCUT2D eigenvalue weighted by molar-refractivity contribution is 0.0994. The summed E-state index contributed by atoms with van der Waals surface area (Å²) in [4.78, 5) is 12.8. The molecule has 0 N–H and O–H groups in total. The topological polar surface area (TPSA) is 17.1 Å². The first-order valence-electron chi connectivity index (χ1n) is 5.04. The van der Waals surface area contributed by atoms with Crippen molar-refractivity contribution in [2.45, 2.75) is 12.8 Å². The van der Waals surface area contributed by atoms with E-state index in [1.54, 1.807) is 11.3 Å². The van der Waals surface area contributed by atoms with Crippen LogP contribution in [0.5, 0.6) is 0 Å². The summed E-state index contributed by atoms with van der Waals surface area (Å²) in [5.74, 6) is 0.295. The third-order valence-corrected chi connectivity index (χ3v) is 3.76. The van der Waals surface area contributed by atoms with Crippen LogP contribution in [0.15, 0.2) is 35.7 Å². The molecule has 0 aliphatic heterocycles. The van der Waals surface area contributed by atoms with Crippen molar-refractivity contribution in [3.8, 4) is 10.4 Å². The summed E-state index contributed by atoms with van der Waals surface area (Å²) in [5.41, 5.74) is 3.31. The molecule has 2 heteroatoms. The quantitative estimate of drug-likeness (QED) is 0.709. The highest BCUT2D eigenvalue weighted by Gasteiger charge is 2.19. The monoisotopic (exact) mass is 214 g/mol. The number of aryl methyl sites for hydroxylation is 1. The average Bonchev–Trinajstić information content (AvgIpc) is 2.88. The molecule has 0 saturated carbocycles. The van der Waals surface area contributed by atoms with Crippen LogP contribution in [0.4, 0.5) is 0 Å². The molecule has 3 rings (SSSR count). The molecule has 0 saturated heterocycles. The zero-order valence-electron chi connectivity index (χ0n) is 8.19. The molecule has 1 nitrogen and oxygen atoms in total. The Morgan fingerprint density at radius 2 is 2.07 bits per heavy atom. The zero-order valence-corrected chi connectivity index (χ0v) is 9.01. The number of hydrogen-bond donors (Lipinski definition) is 0. The van der Waals surface area contributed by atoms with Crippen molar-refractivity contribution >= 4 is 17.1 Å². The molecule has 1 aliphatic rings. The minimum Gasteiger partial charge on any atom is -0.294 e. The normalized spacial score (nSPS) is 14.3. The van der Waals surface area contributed by atoms with Crippen LogP contribution in [0.1, 0.15) is 22.3 Å². The highest BCUT2D eigenvalue weighted by molar-refractivity contribution is 7.13. The lowest BCUT2D eigenvalue weighted by Gasteiger charge is -2.01. The van der Waals surface area contributed by atoms with E-state index in [1.165, 1.54) is 16.0 Å². The fourth-order valence-corrected chi connectivity index (χ4v) is 2.76. The summed E-state index contributed by atoms with van der Waals surface area (Å²) in [6.45, 7) is 0. The maximum Gasteiger partial charge on any atom is 0.163 e. The van der Waals surface area contributed by atoms with Gasteiger partial charge in [-0.25, -0.2) is 0 Å². The summed E-state index contributed by atoms with van der Waals surface area (Å²) >= 11 is 1.71. The van der Waals surface area contributed by atoms with Gasteiger partial charge in [0.25, 0.3) is 0 Å². The van der Waals surface area contributed by atoms with Gasteiger partial charge in [-0.1, -0.05) is 18.2 Å². The fraction of sp³-hybridized carbons (Fsp3) is 0.154. The molecule has 0 spiro atoms. The number of ketones is 1. The van der Waals surface area contributed by atoms with E-state index in [0.29, 0.717) is 12.2 Å². The van der Waals surface area contributed by atoms with Gasteiger partial charge in [-0.15, -0.1) is 11.3 Å². The first-order valence-corrected chi connectivity index (χ1v) is 5.92. The van der Waals surface area contributed by atoms with Crippen LogP contribution < -0.4 is 0 Å². The molecule has 1 aromatic heterocycles. The van der Waals surface area contributed by atoms with Crippen molar-refractivity contribution in [1.29, 1.82) is 0 Å². The number of carbonyl (C=O) groups is 1. The molecule has 1 aromatic carbocycles. The van der Waals surface area contributed by atoms with E-state index in [-0.39, 0.29) is 0 Å². The average molecular weight is 214 g/mol. The van der Waals surface area contributed by atoms with Crippen LogP contribution in [0.25, 0.3) is 10.4 Å². The number of hydrogen-bond acceptors (Lipinski definition) is 2. The molecule has 74 valence electrons. The van der Waals surface area contributed by atoms with Crippen LogP contribution in [0, 0.1) is 0 Å². The molecule has 1 heterocycles. The Hall–Kier alpha value is -1.41. The van der Waals surface area contributed by atoms with Gasteiger partial charge in [0.2, 0.25) is 0 Å². The van der Waals surface area contributed by atoms with E-state index in [2.05, 4.69) is 23.6 Å². The SMILES string of the molecule is O=C1CCc2ccc(-c3cccs3)cc21. The summed E-state index contributed by atoms with van der Waals surface area (Å²) < 4.78 is 0. The summed E-state index contributed by atoms with van der Waals surface area (Å²) in [5, 5.41) is 2.06. The third-order valence-electron chi connectivity index (χ3n) is 2.84. The second-order valence-electron chi connectivity index (χ2n) is 3.77. The molecule has 15 heavy (non-hydrogen) atoms. The van der Waals surface area contributed by atoms with Crippen molar-refractivity contribution in [2.75, 3.05) is 0 Å². The van der Waals surface area contributed by atoms with Crippen molar-refractivity contribution < 1.29 is 4.79 Å². The van der Waals surface area contributed by atoms with Gasteiger partial charge in [0, 0.05) is 16.9 Å². The zero-order chi connectivity index (χ0) is 10.3. The van der Waals surface area contributed by atoms with E-state index in [9.17, 15) is 4.79 Å². The van der Waals surface area contributed by atoms with Gasteiger partial charge in [-0.2, -0.15) is 0 Å². The number of benzene rings is 1. The second kappa shape index (κ2) is 3.31. The van der Waals surface area contributed by atoms with Gasteiger partial charge in [-0.3, -0.25) is 4.79 Å². The lowest BCUT2D eigenvalue weighted by atomic mass is 10.1. The van der Waals surface area contributed by atoms with Gasteiger partial charge < -0.3 is 0 Å². The minimum absolute atomic E-state index is 0.295. The summed E-state index contributed by atoms with van der Waals surface area (Å²) in [7, 11) is 0. The first-order chi connectivity index (χ1) is 7.34. The molecule has 2 aromatic rings. The molecule has 0 unspecified atom stereocenters. The number of fused-ring (bicyclic) bond motifs is 1. The van der Waals surface area contributed by atoms with Gasteiger partial charge >= 0.3 is 0 Å². The Bertz CT molecular complexity index is 511. The van der Waals surface area contributed by atoms with Gasteiger partial charge in [0.05, 0.1) is 0 Å². The second-order valence-corrected chi connectivity index (χ2v) is 4.72. The van der Waals surface area contributed by atoms with E-state index < -0.39 is 0 Å². The Balaban J connectivity index is 2.13. The highest BCUT2D eigenvalue weighted by atomic mass is 32.1. The number of Topliss-reactive ketones (excluding diaryl/α,β-unsaturated/α-hetero) is 1. The smallest absolute Gasteiger partial charge is 0.163 e. The maximum absolute atomic E-state index is 11.6. The Morgan fingerprint density at radius 3 is 2.87 bits per heavy atom. The van der Waals surface area contributed by atoms with Gasteiger partial charge in [0.15, 0.2) is 5.78 Å². The minimum atomic E-state index is 0.295. The number of carbonyl (C=O) groups excluding carboxylic acids is 1. The van der Waals surface area contributed by atoms with Crippen molar-refractivity contribution in [3.05, 3.63) is 46.8 Å². The van der Waals surface area contributed by atoms with Crippen molar-refractivity contribution in [2.24, 2.45) is 0 Å². The first kappa shape index (κ1) is 8.86. The Labute approximate surface area is 92.4 Å². The molecule has 0 fully saturated rings. The lowest BCUT2D eigenvalue weighted by Crippen LogP contribution is -1.91. The van der Waals surface area contributed by atoms with E-state index >= 15 is 0 Å². The van der Waals surface area contributed by atoms with E-state index in [1.807, 2.05) is 12.1 Å². The summed E-state index contributed by atoms with van der Waals surface area (Å²) in [6, 6.07) is 10.4. The van der Waals surface area contributed by atoms with Gasteiger partial charge in [0.1, 0.15) is 0 Å². The van der Waals surface area contributed by atoms with Crippen LogP contribution in [-0.4, -0.2) is 5.78 Å². The maximum atomic E-state index is 11.6. The predicted octanol–water partition coefficient (Wildman–Crippen LogP) is 3.54. The molecular formula is C13H10OS. The Kier molecular flexibility index (Phi) is 1.96. The Morgan fingerprint density at radius 1 is 1.13 bits per heavy atom. The van der Waals surface area contributed by atoms with Gasteiger partial charge in [-0.05, 0) is 35.1 Å². The van der Waals surface area contributed by atoms with Crippen LogP contribution in [-0.2, 0) is 6.42 Å². The van der Waals surface area contributed by atoms with Crippen LogP contribution in [0.3, 0.4) is 0 Å². The largest absolute Gasteiger partial charge is 0.294 e. The summed E-state index contributed by atoms with van der Waals surface area (Å²) in [6.07, 6.45) is 1.60. The van der Waals surface area contributed by atoms with Crippen molar-refractivity contribution in [3.63, 3.8) is 0 Å². The molecule has 0 amide bonds. The molecule has 0 radical (unpaired) electrons. The predicted molar refractivity (Wildman–Crippen MR) is 62.4 cm³/mol. The highest BCUT2D eigenvalue weighted by Crippen LogP contribution is 2.30. The van der Waals surface area contributed by atoms with Crippen molar-refractivity contribution in [1.82, 2.24) is 0 Å². The third kappa shape index (κ3) is 1.41. The molecule has 0 atom stereocenters. The van der Waals surface area contributed by atoms with E-state index in [4.69, 9.17) is 0 Å². The number of rotatable bonds is 1. The molecule has 1 aliphatic carbocycles. The van der Waals surface area contributed by atoms with E-state index in [0.717, 1.165) is 12.0 Å². The molecular weight excluding hydrogens is 204 g/mol. The standard InChI is InChI=1S/C13H10OS/c14-12-6-5-9-3-4-10(8-11(9)12)13-2-1-7-15-13/h1-4,7-8H,5-6H2. The number of thiophene rings is 1. The van der Waals surface area contributed by atoms with Crippen LogP contribution in [0.2, 0.25) is 0 Å².